The Morgan fingerprint density at radius 2 is 1.23 bits per heavy atom. The monoisotopic (exact) mass is 433 g/mol. The zero-order valence-corrected chi connectivity index (χ0v) is 18.5. The number of aromatic amines is 1. The van der Waals surface area contributed by atoms with E-state index >= 15 is 0 Å². The van der Waals surface area contributed by atoms with Gasteiger partial charge in [-0.2, -0.15) is 0 Å². The van der Waals surface area contributed by atoms with Crippen LogP contribution in [0.5, 0.6) is 34.5 Å². The molecular weight excluding hydrogens is 410 g/mol. The lowest BCUT2D eigenvalue weighted by atomic mass is 10.0. The number of aromatic nitrogens is 1. The maximum Gasteiger partial charge on any atom is 0.219 e. The molecule has 2 aromatic carbocycles. The summed E-state index contributed by atoms with van der Waals surface area (Å²) in [5.41, 5.74) is 4.15. The second-order valence-corrected chi connectivity index (χ2v) is 6.61. The lowest BCUT2D eigenvalue weighted by Gasteiger charge is -2.15. The van der Waals surface area contributed by atoms with Crippen LogP contribution in [0.2, 0.25) is 0 Å². The molecular formula is C22H24ClNO6. The van der Waals surface area contributed by atoms with E-state index in [0.29, 0.717) is 40.9 Å². The van der Waals surface area contributed by atoms with E-state index in [-0.39, 0.29) is 12.4 Å². The van der Waals surface area contributed by atoms with Crippen LogP contribution in [0.3, 0.4) is 0 Å². The summed E-state index contributed by atoms with van der Waals surface area (Å²) in [5.74, 6) is 3.65. The van der Waals surface area contributed by atoms with Gasteiger partial charge in [-0.15, -0.1) is 0 Å². The Morgan fingerprint density at radius 3 is 1.80 bits per heavy atom. The van der Waals surface area contributed by atoms with Crippen LogP contribution in [0.4, 0.5) is 0 Å². The van der Waals surface area contributed by atoms with E-state index in [4.69, 9.17) is 28.4 Å². The fourth-order valence-corrected chi connectivity index (χ4v) is 4.16. The van der Waals surface area contributed by atoms with E-state index in [0.717, 1.165) is 33.2 Å². The molecule has 0 unspecified atom stereocenters. The van der Waals surface area contributed by atoms with Gasteiger partial charge in [0.1, 0.15) is 0 Å². The molecule has 3 aromatic rings. The molecule has 0 fully saturated rings. The number of rotatable bonds is 6. The van der Waals surface area contributed by atoms with E-state index in [9.17, 15) is 0 Å². The number of methoxy groups -OCH3 is 6. The molecule has 1 aromatic heterocycles. The standard InChI is InChI=1S/C22H23NO6.ClH/c1-24-15-8-11-7-13-12-9-16(25-2)20(27-4)19(26-3)14(12)10-23-18(13)17(11)22(29-6)21(15)28-5;/h8-10H,7H2,1-6H3;1H. The Kier molecular flexibility index (Phi) is 6.03. The van der Waals surface area contributed by atoms with Crippen molar-refractivity contribution in [2.45, 2.75) is 6.42 Å². The molecule has 30 heavy (non-hydrogen) atoms. The molecule has 0 radical (unpaired) electrons. The summed E-state index contributed by atoms with van der Waals surface area (Å²) < 4.78 is 33.6. The summed E-state index contributed by atoms with van der Waals surface area (Å²) >= 11 is 0. The van der Waals surface area contributed by atoms with Gasteiger partial charge in [0.15, 0.2) is 29.2 Å². The minimum Gasteiger partial charge on any atom is -1.00 e. The molecule has 1 aliphatic rings. The van der Waals surface area contributed by atoms with Crippen LogP contribution in [-0.2, 0) is 6.42 Å². The topological polar surface area (TPSA) is 69.5 Å². The summed E-state index contributed by atoms with van der Waals surface area (Å²) in [4.78, 5) is 3.42. The lowest BCUT2D eigenvalue weighted by Crippen LogP contribution is -3.00. The van der Waals surface area contributed by atoms with E-state index in [2.05, 4.69) is 4.98 Å². The van der Waals surface area contributed by atoms with Crippen molar-refractivity contribution in [1.29, 1.82) is 0 Å². The molecule has 0 amide bonds. The molecule has 1 heterocycles. The fourth-order valence-electron chi connectivity index (χ4n) is 4.16. The third-order valence-electron chi connectivity index (χ3n) is 5.39. The van der Waals surface area contributed by atoms with Gasteiger partial charge < -0.3 is 40.8 Å². The minimum absolute atomic E-state index is 0. The average molecular weight is 434 g/mol. The summed E-state index contributed by atoms with van der Waals surface area (Å²) in [6.07, 6.45) is 2.62. The Balaban J connectivity index is 0.00000256. The first-order valence-electron chi connectivity index (χ1n) is 9.11. The number of nitrogens with one attached hydrogen (secondary N) is 1. The Labute approximate surface area is 181 Å². The lowest BCUT2D eigenvalue weighted by molar-refractivity contribution is -0.362. The van der Waals surface area contributed by atoms with Gasteiger partial charge in [0.25, 0.3) is 0 Å². The quantitative estimate of drug-likeness (QED) is 0.435. The van der Waals surface area contributed by atoms with Crippen molar-refractivity contribution in [3.8, 4) is 45.8 Å². The first-order valence-corrected chi connectivity index (χ1v) is 9.11. The molecule has 0 saturated carbocycles. The van der Waals surface area contributed by atoms with E-state index in [1.54, 1.807) is 42.7 Å². The van der Waals surface area contributed by atoms with Gasteiger partial charge in [-0.3, -0.25) is 0 Å². The Bertz CT molecular complexity index is 1120. The highest BCUT2D eigenvalue weighted by Gasteiger charge is 2.35. The van der Waals surface area contributed by atoms with Crippen LogP contribution in [0.1, 0.15) is 11.1 Å². The molecule has 0 spiro atoms. The van der Waals surface area contributed by atoms with Crippen molar-refractivity contribution in [3.05, 3.63) is 29.5 Å². The zero-order chi connectivity index (χ0) is 20.7. The summed E-state index contributed by atoms with van der Waals surface area (Å²) in [6.45, 7) is 0. The third-order valence-corrected chi connectivity index (χ3v) is 5.39. The summed E-state index contributed by atoms with van der Waals surface area (Å²) in [6, 6.07) is 3.98. The predicted octanol–water partition coefficient (Wildman–Crippen LogP) is 0.281. The molecule has 0 aliphatic heterocycles. The van der Waals surface area contributed by atoms with E-state index < -0.39 is 0 Å². The molecule has 0 saturated heterocycles. The van der Waals surface area contributed by atoms with E-state index in [1.807, 2.05) is 18.3 Å². The van der Waals surface area contributed by atoms with Gasteiger partial charge >= 0.3 is 0 Å². The highest BCUT2D eigenvalue weighted by Crippen LogP contribution is 2.52. The van der Waals surface area contributed by atoms with Crippen molar-refractivity contribution in [3.63, 3.8) is 0 Å². The average Bonchev–Trinajstić information content (AvgIpc) is 3.14. The molecule has 0 bridgehead atoms. The first kappa shape index (κ1) is 21.6. The van der Waals surface area contributed by atoms with Crippen LogP contribution < -0.4 is 45.8 Å². The third kappa shape index (κ3) is 2.92. The zero-order valence-electron chi connectivity index (χ0n) is 17.8. The second kappa shape index (κ2) is 8.36. The summed E-state index contributed by atoms with van der Waals surface area (Å²) in [7, 11) is 9.70. The van der Waals surface area contributed by atoms with E-state index in [1.165, 1.54) is 0 Å². The SMILES string of the molecule is COc1cc2c(c(OC)c1OC)-c1[nH+]cc3c(OC)c(OC)c(OC)cc3c1C2.[Cl-]. The second-order valence-electron chi connectivity index (χ2n) is 6.61. The molecule has 160 valence electrons. The molecule has 8 heteroatoms. The Morgan fingerprint density at radius 1 is 0.667 bits per heavy atom. The normalized spacial score (nSPS) is 11.3. The first-order chi connectivity index (χ1) is 14.1. The maximum atomic E-state index is 5.72. The number of fused-ring (bicyclic) bond motifs is 5. The highest BCUT2D eigenvalue weighted by molar-refractivity contribution is 5.99. The maximum absolute atomic E-state index is 5.72. The minimum atomic E-state index is 0. The van der Waals surface area contributed by atoms with Crippen molar-refractivity contribution >= 4 is 10.8 Å². The van der Waals surface area contributed by atoms with Crippen LogP contribution in [-0.4, -0.2) is 42.7 Å². The molecule has 0 atom stereocenters. The van der Waals surface area contributed by atoms with Crippen LogP contribution in [0, 0.1) is 0 Å². The predicted molar refractivity (Wildman–Crippen MR) is 108 cm³/mol. The van der Waals surface area contributed by atoms with Gasteiger partial charge in [-0.05, 0) is 17.7 Å². The highest BCUT2D eigenvalue weighted by atomic mass is 35.5. The fraction of sp³-hybridized carbons (Fsp3) is 0.318. The number of ether oxygens (including phenoxy) is 6. The number of pyridine rings is 1. The van der Waals surface area contributed by atoms with Crippen LogP contribution >= 0.6 is 0 Å². The largest absolute Gasteiger partial charge is 1.00 e. The number of benzene rings is 2. The number of H-pyrrole nitrogens is 1. The van der Waals surface area contributed by atoms with Crippen molar-refractivity contribution in [2.24, 2.45) is 0 Å². The number of hydrogen-bond donors (Lipinski definition) is 0. The van der Waals surface area contributed by atoms with Gasteiger partial charge in [0, 0.05) is 17.4 Å². The molecule has 1 aliphatic carbocycles. The number of halogens is 1. The van der Waals surface area contributed by atoms with Gasteiger partial charge in [-0.25, -0.2) is 4.98 Å². The molecule has 7 nitrogen and oxygen atoms in total. The van der Waals surface area contributed by atoms with Crippen LogP contribution in [0.15, 0.2) is 18.3 Å². The van der Waals surface area contributed by atoms with Crippen molar-refractivity contribution in [2.75, 3.05) is 42.7 Å². The van der Waals surface area contributed by atoms with Gasteiger partial charge in [-0.1, -0.05) is 0 Å². The van der Waals surface area contributed by atoms with Crippen molar-refractivity contribution < 1.29 is 45.8 Å². The Hall–Kier alpha value is -3.06. The summed E-state index contributed by atoms with van der Waals surface area (Å²) in [5, 5.41) is 1.93. The van der Waals surface area contributed by atoms with Crippen LogP contribution in [0.25, 0.3) is 22.0 Å². The van der Waals surface area contributed by atoms with Gasteiger partial charge in [0.05, 0.1) is 53.6 Å². The number of hydrogen-bond acceptors (Lipinski definition) is 6. The molecule has 1 N–H and O–H groups in total. The molecule has 4 rings (SSSR count). The van der Waals surface area contributed by atoms with Crippen molar-refractivity contribution in [1.82, 2.24) is 0 Å². The van der Waals surface area contributed by atoms with Gasteiger partial charge in [0.2, 0.25) is 17.2 Å². The smallest absolute Gasteiger partial charge is 0.219 e.